The van der Waals surface area contributed by atoms with Crippen molar-refractivity contribution in [2.24, 2.45) is 10.9 Å². The maximum absolute atomic E-state index is 5.67. The molecule has 102 valence electrons. The first-order chi connectivity index (χ1) is 9.74. The van der Waals surface area contributed by atoms with Crippen LogP contribution in [0.5, 0.6) is 0 Å². The van der Waals surface area contributed by atoms with Crippen LogP contribution in [0.4, 0.5) is 0 Å². The van der Waals surface area contributed by atoms with Crippen molar-refractivity contribution < 1.29 is 4.74 Å². The van der Waals surface area contributed by atoms with E-state index in [9.17, 15) is 0 Å². The SMILES string of the molecule is CC(C)[C@H]1COC(c2cccc(-c3ccccn3)n2)=N1. The second-order valence-electron chi connectivity index (χ2n) is 5.18. The van der Waals surface area contributed by atoms with E-state index in [0.29, 0.717) is 18.4 Å². The topological polar surface area (TPSA) is 47.4 Å². The molecule has 4 heteroatoms. The van der Waals surface area contributed by atoms with Crippen molar-refractivity contribution in [2.75, 3.05) is 6.61 Å². The lowest BCUT2D eigenvalue weighted by Crippen LogP contribution is -2.13. The van der Waals surface area contributed by atoms with Gasteiger partial charge in [0.1, 0.15) is 12.3 Å². The Balaban J connectivity index is 1.91. The molecular formula is C16H17N3O. The first-order valence-electron chi connectivity index (χ1n) is 6.83. The van der Waals surface area contributed by atoms with E-state index in [1.165, 1.54) is 0 Å². The summed E-state index contributed by atoms with van der Waals surface area (Å²) in [5, 5.41) is 0. The lowest BCUT2D eigenvalue weighted by Gasteiger charge is -2.06. The lowest BCUT2D eigenvalue weighted by atomic mass is 10.1. The Morgan fingerprint density at radius 2 is 1.85 bits per heavy atom. The Bertz CT molecular complexity index is 623. The molecule has 0 bridgehead atoms. The smallest absolute Gasteiger partial charge is 0.235 e. The van der Waals surface area contributed by atoms with E-state index in [-0.39, 0.29) is 6.04 Å². The van der Waals surface area contributed by atoms with Crippen molar-refractivity contribution in [3.05, 3.63) is 48.3 Å². The molecule has 0 saturated heterocycles. The molecule has 0 aliphatic carbocycles. The van der Waals surface area contributed by atoms with Crippen molar-refractivity contribution in [2.45, 2.75) is 19.9 Å². The zero-order valence-electron chi connectivity index (χ0n) is 11.7. The van der Waals surface area contributed by atoms with Crippen LogP contribution in [-0.2, 0) is 4.74 Å². The van der Waals surface area contributed by atoms with Gasteiger partial charge in [0.05, 0.1) is 17.4 Å². The third kappa shape index (κ3) is 2.54. The summed E-state index contributed by atoms with van der Waals surface area (Å²) in [6, 6.07) is 11.8. The molecule has 1 aliphatic rings. The van der Waals surface area contributed by atoms with Gasteiger partial charge in [0.25, 0.3) is 0 Å². The van der Waals surface area contributed by atoms with Crippen LogP contribution in [0.2, 0.25) is 0 Å². The first kappa shape index (κ1) is 12.8. The largest absolute Gasteiger partial charge is 0.474 e. The molecule has 0 radical (unpaired) electrons. The highest BCUT2D eigenvalue weighted by Gasteiger charge is 2.23. The Kier molecular flexibility index (Phi) is 3.46. The minimum atomic E-state index is 0.227. The zero-order chi connectivity index (χ0) is 13.9. The summed E-state index contributed by atoms with van der Waals surface area (Å²) >= 11 is 0. The minimum Gasteiger partial charge on any atom is -0.474 e. The van der Waals surface area contributed by atoms with E-state index < -0.39 is 0 Å². The maximum Gasteiger partial charge on any atom is 0.235 e. The van der Waals surface area contributed by atoms with Gasteiger partial charge in [-0.05, 0) is 30.2 Å². The second kappa shape index (κ2) is 5.41. The maximum atomic E-state index is 5.67. The number of hydrogen-bond acceptors (Lipinski definition) is 4. The fourth-order valence-corrected chi connectivity index (χ4v) is 2.08. The summed E-state index contributed by atoms with van der Waals surface area (Å²) in [5.41, 5.74) is 2.46. The molecule has 4 nitrogen and oxygen atoms in total. The normalized spacial score (nSPS) is 17.9. The predicted molar refractivity (Wildman–Crippen MR) is 78.6 cm³/mol. The van der Waals surface area contributed by atoms with E-state index in [4.69, 9.17) is 4.74 Å². The van der Waals surface area contributed by atoms with Crippen LogP contribution in [0.25, 0.3) is 11.4 Å². The summed E-state index contributed by atoms with van der Waals surface area (Å²) in [7, 11) is 0. The van der Waals surface area contributed by atoms with E-state index in [0.717, 1.165) is 17.1 Å². The summed E-state index contributed by atoms with van der Waals surface area (Å²) in [6.07, 6.45) is 1.77. The summed E-state index contributed by atoms with van der Waals surface area (Å²) in [5.74, 6) is 1.12. The van der Waals surface area contributed by atoms with E-state index in [2.05, 4.69) is 28.8 Å². The molecule has 0 aromatic carbocycles. The van der Waals surface area contributed by atoms with Crippen LogP contribution in [0, 0.1) is 5.92 Å². The predicted octanol–water partition coefficient (Wildman–Crippen LogP) is 2.95. The van der Waals surface area contributed by atoms with Gasteiger partial charge in [-0.25, -0.2) is 9.98 Å². The minimum absolute atomic E-state index is 0.227. The average molecular weight is 267 g/mol. The number of rotatable bonds is 3. The highest BCUT2D eigenvalue weighted by molar-refractivity contribution is 5.93. The molecule has 0 amide bonds. The second-order valence-corrected chi connectivity index (χ2v) is 5.18. The van der Waals surface area contributed by atoms with Gasteiger partial charge in [0.15, 0.2) is 0 Å². The molecule has 3 heterocycles. The average Bonchev–Trinajstić information content (AvgIpc) is 2.98. The van der Waals surface area contributed by atoms with Gasteiger partial charge >= 0.3 is 0 Å². The van der Waals surface area contributed by atoms with Gasteiger partial charge in [0.2, 0.25) is 5.90 Å². The fourth-order valence-electron chi connectivity index (χ4n) is 2.08. The Morgan fingerprint density at radius 3 is 2.55 bits per heavy atom. The van der Waals surface area contributed by atoms with Crippen molar-refractivity contribution in [1.82, 2.24) is 9.97 Å². The van der Waals surface area contributed by atoms with E-state index in [1.807, 2.05) is 36.4 Å². The number of aliphatic imine (C=N–C) groups is 1. The highest BCUT2D eigenvalue weighted by Crippen LogP contribution is 2.19. The fraction of sp³-hybridized carbons (Fsp3) is 0.312. The third-order valence-corrected chi connectivity index (χ3v) is 3.34. The van der Waals surface area contributed by atoms with Crippen LogP contribution in [0.15, 0.2) is 47.6 Å². The van der Waals surface area contributed by atoms with Crippen molar-refractivity contribution >= 4 is 5.90 Å². The molecule has 0 spiro atoms. The number of pyridine rings is 2. The van der Waals surface area contributed by atoms with Crippen LogP contribution < -0.4 is 0 Å². The van der Waals surface area contributed by atoms with Gasteiger partial charge in [-0.15, -0.1) is 0 Å². The Morgan fingerprint density at radius 1 is 1.05 bits per heavy atom. The van der Waals surface area contributed by atoms with Gasteiger partial charge in [-0.1, -0.05) is 26.0 Å². The van der Waals surface area contributed by atoms with E-state index in [1.54, 1.807) is 6.20 Å². The van der Waals surface area contributed by atoms with Gasteiger partial charge in [-0.3, -0.25) is 4.98 Å². The number of ether oxygens (including phenoxy) is 1. The third-order valence-electron chi connectivity index (χ3n) is 3.34. The lowest BCUT2D eigenvalue weighted by molar-refractivity contribution is 0.291. The molecule has 2 aromatic heterocycles. The zero-order valence-corrected chi connectivity index (χ0v) is 11.7. The molecule has 2 aromatic rings. The van der Waals surface area contributed by atoms with Crippen LogP contribution in [-0.4, -0.2) is 28.5 Å². The molecule has 1 atom stereocenters. The van der Waals surface area contributed by atoms with Crippen molar-refractivity contribution in [3.8, 4) is 11.4 Å². The molecular weight excluding hydrogens is 250 g/mol. The number of nitrogens with zero attached hydrogens (tertiary/aromatic N) is 3. The molecule has 0 N–H and O–H groups in total. The van der Waals surface area contributed by atoms with Crippen molar-refractivity contribution in [3.63, 3.8) is 0 Å². The monoisotopic (exact) mass is 267 g/mol. The molecule has 3 rings (SSSR count). The molecule has 0 saturated carbocycles. The Labute approximate surface area is 118 Å². The molecule has 20 heavy (non-hydrogen) atoms. The Hall–Kier alpha value is -2.23. The molecule has 0 fully saturated rings. The highest BCUT2D eigenvalue weighted by atomic mass is 16.5. The van der Waals surface area contributed by atoms with Gasteiger partial charge < -0.3 is 4.74 Å². The quantitative estimate of drug-likeness (QED) is 0.859. The van der Waals surface area contributed by atoms with Crippen molar-refractivity contribution in [1.29, 1.82) is 0 Å². The van der Waals surface area contributed by atoms with Gasteiger partial charge in [0, 0.05) is 6.20 Å². The summed E-state index contributed by atoms with van der Waals surface area (Å²) in [6.45, 7) is 4.94. The van der Waals surface area contributed by atoms with Gasteiger partial charge in [-0.2, -0.15) is 0 Å². The first-order valence-corrected chi connectivity index (χ1v) is 6.83. The molecule has 1 aliphatic heterocycles. The van der Waals surface area contributed by atoms with Crippen LogP contribution >= 0.6 is 0 Å². The standard InChI is InChI=1S/C16H17N3O/c1-11(2)15-10-20-16(19-15)14-8-5-7-13(18-14)12-6-3-4-9-17-12/h3-9,11,15H,10H2,1-2H3/t15-/m1/s1. The van der Waals surface area contributed by atoms with Crippen LogP contribution in [0.1, 0.15) is 19.5 Å². The summed E-state index contributed by atoms with van der Waals surface area (Å²) < 4.78 is 5.67. The number of aromatic nitrogens is 2. The number of hydrogen-bond donors (Lipinski definition) is 0. The van der Waals surface area contributed by atoms with Crippen LogP contribution in [0.3, 0.4) is 0 Å². The van der Waals surface area contributed by atoms with E-state index >= 15 is 0 Å². The summed E-state index contributed by atoms with van der Waals surface area (Å²) in [4.78, 5) is 13.5. The molecule has 0 unspecified atom stereocenters.